The molecule has 0 saturated carbocycles. The lowest BCUT2D eigenvalue weighted by Gasteiger charge is -2.29. The molecule has 0 atom stereocenters. The predicted octanol–water partition coefficient (Wildman–Crippen LogP) is 6.49. The second kappa shape index (κ2) is 7.27. The molecular formula is C12H8Br3F7O2S. The maximum absolute atomic E-state index is 13.9. The van der Waals surface area contributed by atoms with Crippen LogP contribution in [0.5, 0.6) is 0 Å². The highest BCUT2D eigenvalue weighted by Crippen LogP contribution is 2.53. The van der Waals surface area contributed by atoms with Crippen molar-refractivity contribution >= 4 is 57.6 Å². The fraction of sp³-hybridized carbons (Fsp3) is 0.500. The van der Waals surface area contributed by atoms with E-state index in [-0.39, 0.29) is 27.4 Å². The summed E-state index contributed by atoms with van der Waals surface area (Å²) in [5.41, 5.74) is -0.338. The van der Waals surface area contributed by atoms with Crippen LogP contribution in [0.4, 0.5) is 30.7 Å². The molecular weight excluding hydrogens is 581 g/mol. The Kier molecular flexibility index (Phi) is 6.73. The number of rotatable bonds is 5. The van der Waals surface area contributed by atoms with Gasteiger partial charge in [-0.25, -0.2) is 8.42 Å². The molecule has 0 aliphatic carbocycles. The Labute approximate surface area is 163 Å². The number of hydrogen-bond acceptors (Lipinski definition) is 2. The second-order valence-electron chi connectivity index (χ2n) is 4.80. The number of sulfone groups is 1. The fourth-order valence-corrected chi connectivity index (χ4v) is 6.04. The molecule has 0 fully saturated rings. The van der Waals surface area contributed by atoms with Crippen LogP contribution in [0.1, 0.15) is 18.9 Å². The summed E-state index contributed by atoms with van der Waals surface area (Å²) in [5.74, 6) is -6.78. The summed E-state index contributed by atoms with van der Waals surface area (Å²) in [5, 5.41) is -6.41. The maximum Gasteiger partial charge on any atom is 0.461 e. The zero-order valence-corrected chi connectivity index (χ0v) is 17.6. The molecule has 0 unspecified atom stereocenters. The predicted molar refractivity (Wildman–Crippen MR) is 86.7 cm³/mol. The molecule has 0 radical (unpaired) electrons. The standard InChI is InChI=1S/C12H8Br3F7O2S/c1-2-3-5-6(13)4-7(14)8(15)9(5)25(23,24)12(21,22)10(16,17)11(18,19)20/h4H,2-3H2,1H3. The van der Waals surface area contributed by atoms with E-state index in [1.807, 2.05) is 0 Å². The summed E-state index contributed by atoms with van der Waals surface area (Å²) in [6.45, 7) is 1.54. The molecule has 0 aliphatic heterocycles. The number of halogens is 10. The van der Waals surface area contributed by atoms with Crippen LogP contribution in [0.25, 0.3) is 0 Å². The Morgan fingerprint density at radius 3 is 1.84 bits per heavy atom. The van der Waals surface area contributed by atoms with Crippen molar-refractivity contribution in [3.05, 3.63) is 25.0 Å². The topological polar surface area (TPSA) is 34.1 Å². The van der Waals surface area contributed by atoms with Crippen LogP contribution < -0.4 is 0 Å². The van der Waals surface area contributed by atoms with Crippen molar-refractivity contribution < 1.29 is 39.2 Å². The SMILES string of the molecule is CCCc1c(Br)cc(Br)c(Br)c1S(=O)(=O)C(F)(F)C(F)(F)C(F)(F)F. The van der Waals surface area contributed by atoms with Crippen molar-refractivity contribution in [2.45, 2.75) is 42.0 Å². The Hall–Kier alpha value is 0.120. The molecule has 25 heavy (non-hydrogen) atoms. The third-order valence-electron chi connectivity index (χ3n) is 3.05. The van der Waals surface area contributed by atoms with E-state index >= 15 is 0 Å². The van der Waals surface area contributed by atoms with Gasteiger partial charge in [-0.15, -0.1) is 0 Å². The largest absolute Gasteiger partial charge is 0.461 e. The number of alkyl halides is 7. The summed E-state index contributed by atoms with van der Waals surface area (Å²) in [4.78, 5) is -1.33. The minimum atomic E-state index is -6.78. The molecule has 0 bridgehead atoms. The molecule has 0 amide bonds. The lowest BCUT2D eigenvalue weighted by molar-refractivity contribution is -0.332. The van der Waals surface area contributed by atoms with Crippen LogP contribution in [0.15, 0.2) is 24.4 Å². The average Bonchev–Trinajstić information content (AvgIpc) is 2.43. The van der Waals surface area contributed by atoms with Gasteiger partial charge < -0.3 is 0 Å². The van der Waals surface area contributed by atoms with Crippen LogP contribution >= 0.6 is 47.8 Å². The summed E-state index contributed by atoms with van der Waals surface area (Å²) < 4.78 is 115. The molecule has 144 valence electrons. The van der Waals surface area contributed by atoms with Crippen LogP contribution in [-0.2, 0) is 16.3 Å². The molecule has 0 heterocycles. The Balaban J connectivity index is 3.87. The molecule has 0 aromatic heterocycles. The second-order valence-corrected chi connectivity index (χ2v) is 9.23. The van der Waals surface area contributed by atoms with Gasteiger partial charge >= 0.3 is 17.4 Å². The van der Waals surface area contributed by atoms with E-state index in [1.54, 1.807) is 6.92 Å². The van der Waals surface area contributed by atoms with E-state index in [9.17, 15) is 39.2 Å². The first-order chi connectivity index (χ1) is 11.0. The highest BCUT2D eigenvalue weighted by atomic mass is 79.9. The van der Waals surface area contributed by atoms with E-state index in [1.165, 1.54) is 6.07 Å². The van der Waals surface area contributed by atoms with Crippen molar-refractivity contribution in [2.75, 3.05) is 0 Å². The molecule has 1 rings (SSSR count). The van der Waals surface area contributed by atoms with E-state index in [0.717, 1.165) is 0 Å². The monoisotopic (exact) mass is 586 g/mol. The van der Waals surface area contributed by atoms with Crippen LogP contribution in [0, 0.1) is 0 Å². The van der Waals surface area contributed by atoms with Crippen LogP contribution in [0.2, 0.25) is 0 Å². The zero-order valence-electron chi connectivity index (χ0n) is 12.0. The van der Waals surface area contributed by atoms with Gasteiger partial charge in [-0.1, -0.05) is 29.3 Å². The van der Waals surface area contributed by atoms with Gasteiger partial charge in [-0.05, 0) is 49.9 Å². The highest BCUT2D eigenvalue weighted by molar-refractivity contribution is 9.13. The van der Waals surface area contributed by atoms with Crippen LogP contribution in [-0.4, -0.2) is 25.8 Å². The van der Waals surface area contributed by atoms with Gasteiger partial charge in [-0.3, -0.25) is 0 Å². The van der Waals surface area contributed by atoms with Gasteiger partial charge in [-0.2, -0.15) is 30.7 Å². The first-order valence-corrected chi connectivity index (χ1v) is 10.1. The van der Waals surface area contributed by atoms with Crippen molar-refractivity contribution in [1.29, 1.82) is 0 Å². The molecule has 1 aromatic carbocycles. The van der Waals surface area contributed by atoms with Gasteiger partial charge in [0.1, 0.15) is 0 Å². The Morgan fingerprint density at radius 1 is 0.960 bits per heavy atom. The van der Waals surface area contributed by atoms with Gasteiger partial charge in [0.15, 0.2) is 0 Å². The molecule has 13 heteroatoms. The summed E-state index contributed by atoms with van der Waals surface area (Å²) in [6.07, 6.45) is -6.70. The van der Waals surface area contributed by atoms with E-state index < -0.39 is 36.6 Å². The molecule has 2 nitrogen and oxygen atoms in total. The van der Waals surface area contributed by atoms with Crippen molar-refractivity contribution in [2.24, 2.45) is 0 Å². The van der Waals surface area contributed by atoms with E-state index in [0.29, 0.717) is 0 Å². The molecule has 0 aliphatic rings. The molecule has 0 saturated heterocycles. The quantitative estimate of drug-likeness (QED) is 0.291. The van der Waals surface area contributed by atoms with Gasteiger partial charge in [0.05, 0.1) is 9.37 Å². The van der Waals surface area contributed by atoms with Crippen LogP contribution in [0.3, 0.4) is 0 Å². The first-order valence-electron chi connectivity index (χ1n) is 6.27. The summed E-state index contributed by atoms with van der Waals surface area (Å²) >= 11 is 8.42. The zero-order chi connectivity index (χ0) is 20.0. The van der Waals surface area contributed by atoms with Gasteiger partial charge in [0.2, 0.25) is 0 Å². The minimum absolute atomic E-state index is 0.0332. The van der Waals surface area contributed by atoms with Gasteiger partial charge in [0.25, 0.3) is 9.84 Å². The lowest BCUT2D eigenvalue weighted by Crippen LogP contribution is -2.56. The van der Waals surface area contributed by atoms with E-state index in [4.69, 9.17) is 0 Å². The number of hydrogen-bond donors (Lipinski definition) is 0. The van der Waals surface area contributed by atoms with E-state index in [2.05, 4.69) is 47.8 Å². The van der Waals surface area contributed by atoms with Gasteiger partial charge in [0, 0.05) is 8.95 Å². The smallest absolute Gasteiger partial charge is 0.217 e. The molecule has 1 aromatic rings. The van der Waals surface area contributed by atoms with Crippen molar-refractivity contribution in [1.82, 2.24) is 0 Å². The third-order valence-corrected chi connectivity index (χ3v) is 7.92. The maximum atomic E-state index is 13.9. The minimum Gasteiger partial charge on any atom is -0.217 e. The Bertz CT molecular complexity index is 776. The van der Waals surface area contributed by atoms with Crippen molar-refractivity contribution in [3.63, 3.8) is 0 Å². The van der Waals surface area contributed by atoms with Crippen molar-refractivity contribution in [3.8, 4) is 0 Å². The summed E-state index contributed by atoms with van der Waals surface area (Å²) in [7, 11) is -6.42. The Morgan fingerprint density at radius 2 is 1.44 bits per heavy atom. The normalized spacial score (nSPS) is 14.0. The molecule has 0 N–H and O–H groups in total. The summed E-state index contributed by atoms with van der Waals surface area (Å²) in [6, 6.07) is 1.26. The highest BCUT2D eigenvalue weighted by Gasteiger charge is 2.79. The average molecular weight is 589 g/mol. The fourth-order valence-electron chi connectivity index (χ4n) is 1.84. The lowest BCUT2D eigenvalue weighted by atomic mass is 10.1. The first kappa shape index (κ1) is 23.2. The molecule has 0 spiro atoms. The third kappa shape index (κ3) is 3.75. The number of benzene rings is 1.